The Morgan fingerprint density at radius 1 is 0.389 bits per heavy atom. The predicted molar refractivity (Wildman–Crippen MR) is 66.1 cm³/mol. The Balaban J connectivity index is 0.000000135. The number of rotatable bonds is 0. The van der Waals surface area contributed by atoms with Crippen LogP contribution in [-0.2, 0) is 92.9 Å². The number of hydrogen-bond donors (Lipinski definition) is 0. The average Bonchev–Trinajstić information content (AvgIpc) is 3.05. The van der Waals surface area contributed by atoms with E-state index in [1.54, 1.807) is 0 Å². The Kier molecular flexibility index (Phi) is 11.3. The van der Waals surface area contributed by atoms with Crippen LogP contribution in [0, 0.1) is 0 Å². The third kappa shape index (κ3) is 9.62. The summed E-state index contributed by atoms with van der Waals surface area (Å²) in [7, 11) is 0. The summed E-state index contributed by atoms with van der Waals surface area (Å²) in [6.07, 6.45) is 26.0. The van der Waals surface area contributed by atoms with E-state index in [0.29, 0.717) is 0 Å². The van der Waals surface area contributed by atoms with E-state index in [1.807, 2.05) is 0 Å². The van der Waals surface area contributed by atoms with Gasteiger partial charge >= 0.3 is 174 Å². The number of allylic oxidation sites excluding steroid dienone is 12. The molecular weight excluding hydrogens is 447 g/mol. The summed E-state index contributed by atoms with van der Waals surface area (Å²) >= 11 is 4.01. The second-order valence-corrected chi connectivity index (χ2v) is 9.72. The van der Waals surface area contributed by atoms with Crippen LogP contribution in [0.5, 0.6) is 0 Å². The average molecular weight is 462 g/mol. The van der Waals surface area contributed by atoms with Crippen molar-refractivity contribution in [1.82, 2.24) is 0 Å². The third-order valence-corrected chi connectivity index (χ3v) is 5.61. The number of hydrogen-bond acceptors (Lipinski definition) is 0. The molecule has 0 N–H and O–H groups in total. The van der Waals surface area contributed by atoms with Crippen LogP contribution in [-0.4, -0.2) is 0 Å². The van der Waals surface area contributed by atoms with Gasteiger partial charge < -0.3 is 0 Å². The summed E-state index contributed by atoms with van der Waals surface area (Å²) in [6, 6.07) is 0. The maximum absolute atomic E-state index is 2.22. The van der Waals surface area contributed by atoms with Gasteiger partial charge in [-0.2, -0.15) is 0 Å². The molecule has 0 bridgehead atoms. The molecule has 0 aromatic carbocycles. The normalized spacial score (nSPS) is 19.8. The molecule has 0 saturated carbocycles. The van der Waals surface area contributed by atoms with Crippen LogP contribution in [0.3, 0.4) is 0 Å². The molecule has 3 heteroatoms. The predicted octanol–water partition coefficient (Wildman–Crippen LogP) is 4.34. The first-order valence-electron chi connectivity index (χ1n) is 6.00. The first kappa shape index (κ1) is 17.8. The van der Waals surface area contributed by atoms with E-state index >= 15 is 0 Å². The molecule has 0 aromatic heterocycles. The van der Waals surface area contributed by atoms with E-state index in [0.717, 1.165) is 8.19 Å². The fraction of sp³-hybridized carbons (Fsp3) is 0.200. The molecule has 84 valence electrons. The van der Waals surface area contributed by atoms with Crippen molar-refractivity contribution in [3.63, 3.8) is 0 Å². The summed E-state index contributed by atoms with van der Waals surface area (Å²) in [5, 5.41) is 0. The van der Waals surface area contributed by atoms with Crippen LogP contribution in [0.4, 0.5) is 0 Å². The Bertz CT molecular complexity index is 302. The van der Waals surface area contributed by atoms with E-state index < -0.39 is 0 Å². The van der Waals surface area contributed by atoms with Gasteiger partial charge in [0.15, 0.2) is 0 Å². The molecule has 3 rings (SSSR count). The van der Waals surface area contributed by atoms with Gasteiger partial charge in [-0.25, -0.2) is 0 Å². The van der Waals surface area contributed by atoms with Crippen LogP contribution in [0.2, 0.25) is 8.19 Å². The summed E-state index contributed by atoms with van der Waals surface area (Å²) in [6.45, 7) is 0. The monoisotopic (exact) mass is 462 g/mol. The first-order chi connectivity index (χ1) is 8.68. The van der Waals surface area contributed by atoms with Gasteiger partial charge in [0.1, 0.15) is 0 Å². The molecule has 3 aliphatic carbocycles. The molecule has 0 aromatic rings. The molecular formula is C15H15Y3. The molecule has 0 spiro atoms. The van der Waals surface area contributed by atoms with Crippen molar-refractivity contribution in [2.45, 2.75) is 8.19 Å². The SMILES string of the molecule is [Y][CH]1C=CC=C1.[Y][CH]1C=CC=C1.[Y][CH]1C=CC=C1. The topological polar surface area (TPSA) is 0 Å². The zero-order chi connectivity index (χ0) is 13.2. The molecule has 0 saturated heterocycles. The Morgan fingerprint density at radius 2 is 0.556 bits per heavy atom. The van der Waals surface area contributed by atoms with Crippen LogP contribution in [0.25, 0.3) is 0 Å². The summed E-state index contributed by atoms with van der Waals surface area (Å²) in [5.74, 6) is 0. The maximum atomic E-state index is 2.22. The molecule has 0 atom stereocenters. The van der Waals surface area contributed by atoms with E-state index in [4.69, 9.17) is 0 Å². The van der Waals surface area contributed by atoms with Gasteiger partial charge in [-0.05, 0) is 0 Å². The zero-order valence-corrected chi connectivity index (χ0v) is 18.9. The Labute approximate surface area is 171 Å². The molecule has 0 nitrogen and oxygen atoms in total. The van der Waals surface area contributed by atoms with E-state index in [9.17, 15) is 0 Å². The van der Waals surface area contributed by atoms with Crippen LogP contribution in [0.15, 0.2) is 72.9 Å². The van der Waals surface area contributed by atoms with Gasteiger partial charge in [-0.3, -0.25) is 0 Å². The van der Waals surface area contributed by atoms with Gasteiger partial charge in [0.2, 0.25) is 0 Å². The minimum atomic E-state index is 0.815. The van der Waals surface area contributed by atoms with E-state index in [1.165, 1.54) is 92.9 Å². The Morgan fingerprint density at radius 3 is 0.611 bits per heavy atom. The van der Waals surface area contributed by atoms with E-state index in [2.05, 4.69) is 72.9 Å². The quantitative estimate of drug-likeness (QED) is 0.503. The summed E-state index contributed by atoms with van der Waals surface area (Å²) in [4.78, 5) is 0. The molecule has 0 heterocycles. The molecule has 0 aliphatic heterocycles. The van der Waals surface area contributed by atoms with Crippen LogP contribution < -0.4 is 0 Å². The van der Waals surface area contributed by atoms with Crippen molar-refractivity contribution < 1.29 is 92.9 Å². The van der Waals surface area contributed by atoms with Crippen molar-refractivity contribution in [2.24, 2.45) is 0 Å². The fourth-order valence-electron chi connectivity index (χ4n) is 1.35. The molecule has 0 unspecified atom stereocenters. The molecule has 18 heavy (non-hydrogen) atoms. The molecule has 0 fully saturated rings. The van der Waals surface area contributed by atoms with Crippen LogP contribution >= 0.6 is 0 Å². The van der Waals surface area contributed by atoms with Crippen molar-refractivity contribution in [3.8, 4) is 0 Å². The van der Waals surface area contributed by atoms with Gasteiger partial charge in [0, 0.05) is 0 Å². The van der Waals surface area contributed by atoms with Crippen LogP contribution in [0.1, 0.15) is 0 Å². The molecule has 0 radical (unpaired) electrons. The van der Waals surface area contributed by atoms with Crippen molar-refractivity contribution >= 4 is 0 Å². The zero-order valence-electron chi connectivity index (χ0n) is 10.4. The fourth-order valence-corrected chi connectivity index (χ4v) is 3.24. The summed E-state index contributed by atoms with van der Waals surface area (Å²) in [5.41, 5.74) is 0. The van der Waals surface area contributed by atoms with Crippen molar-refractivity contribution in [1.29, 1.82) is 0 Å². The second kappa shape index (κ2) is 11.4. The van der Waals surface area contributed by atoms with Crippen molar-refractivity contribution in [2.75, 3.05) is 0 Å². The third-order valence-electron chi connectivity index (χ3n) is 2.33. The van der Waals surface area contributed by atoms with Gasteiger partial charge in [0.25, 0.3) is 0 Å². The van der Waals surface area contributed by atoms with Gasteiger partial charge in [-0.1, -0.05) is 0 Å². The van der Waals surface area contributed by atoms with Gasteiger partial charge in [0.05, 0.1) is 0 Å². The standard InChI is InChI=1S/3C5H5.3Y/c3*1-2-4-5-3-1;;;/h3*1-5H;;;. The first-order valence-corrected chi connectivity index (χ1v) is 10.9. The second-order valence-electron chi connectivity index (χ2n) is 4.04. The minimum absolute atomic E-state index is 0.815. The van der Waals surface area contributed by atoms with E-state index in [-0.39, 0.29) is 0 Å². The molecule has 0 amide bonds. The summed E-state index contributed by atoms with van der Waals surface area (Å²) < 4.78 is 2.45. The molecule has 3 aliphatic rings. The van der Waals surface area contributed by atoms with Crippen molar-refractivity contribution in [3.05, 3.63) is 72.9 Å². The van der Waals surface area contributed by atoms with Gasteiger partial charge in [-0.15, -0.1) is 0 Å². The Hall–Kier alpha value is 1.75.